The first-order chi connectivity index (χ1) is 6.72. The number of carbonyl (C=O) groups excluding carboxylic acids is 1. The van der Waals surface area contributed by atoms with Gasteiger partial charge in [-0.05, 0) is 24.1 Å². The molecule has 0 aliphatic carbocycles. The summed E-state index contributed by atoms with van der Waals surface area (Å²) in [4.78, 5) is 11.0. The number of hydrogen-bond acceptors (Lipinski definition) is 2. The van der Waals surface area contributed by atoms with E-state index in [4.69, 9.17) is 16.3 Å². The Hall–Kier alpha value is -1.02. The van der Waals surface area contributed by atoms with Crippen LogP contribution in [0, 0.1) is 0 Å². The smallest absolute Gasteiger partial charge is 0.306 e. The Kier molecular flexibility index (Phi) is 4.47. The van der Waals surface area contributed by atoms with Gasteiger partial charge in [0.2, 0.25) is 0 Å². The third-order valence-electron chi connectivity index (χ3n) is 1.77. The minimum atomic E-state index is -0.151. The first kappa shape index (κ1) is 11.1. The maximum absolute atomic E-state index is 11.0. The van der Waals surface area contributed by atoms with E-state index in [2.05, 4.69) is 0 Å². The van der Waals surface area contributed by atoms with E-state index in [9.17, 15) is 4.79 Å². The minimum absolute atomic E-state index is 0.151. The number of benzene rings is 1. The second kappa shape index (κ2) is 5.66. The van der Waals surface area contributed by atoms with Gasteiger partial charge >= 0.3 is 5.97 Å². The van der Waals surface area contributed by atoms with Crippen molar-refractivity contribution in [2.24, 2.45) is 0 Å². The van der Waals surface area contributed by atoms with Crippen molar-refractivity contribution in [3.63, 3.8) is 0 Å². The fourth-order valence-electron chi connectivity index (χ4n) is 1.02. The van der Waals surface area contributed by atoms with Gasteiger partial charge in [0.1, 0.15) is 6.61 Å². The number of ether oxygens (including phenoxy) is 1. The highest BCUT2D eigenvalue weighted by molar-refractivity contribution is 6.30. The molecule has 0 aliphatic rings. The second-order valence-corrected chi connectivity index (χ2v) is 3.47. The maximum atomic E-state index is 11.0. The fraction of sp³-hybridized carbons (Fsp3) is 0.364. The Morgan fingerprint density at radius 3 is 2.57 bits per heavy atom. The van der Waals surface area contributed by atoms with Crippen LogP contribution in [0.15, 0.2) is 24.3 Å². The molecule has 0 saturated carbocycles. The Labute approximate surface area is 88.8 Å². The Bertz CT molecular complexity index is 293. The fourth-order valence-corrected chi connectivity index (χ4v) is 1.15. The molecule has 0 radical (unpaired) electrons. The van der Waals surface area contributed by atoms with E-state index in [1.807, 2.05) is 19.1 Å². The van der Waals surface area contributed by atoms with Crippen molar-refractivity contribution in [1.82, 2.24) is 0 Å². The van der Waals surface area contributed by atoms with E-state index in [0.717, 1.165) is 12.0 Å². The molecule has 0 atom stereocenters. The maximum Gasteiger partial charge on any atom is 0.306 e. The molecular formula is C11H13ClO2. The number of carbonyl (C=O) groups is 1. The quantitative estimate of drug-likeness (QED) is 0.717. The molecule has 0 bridgehead atoms. The average Bonchev–Trinajstić information content (AvgIpc) is 2.17. The lowest BCUT2D eigenvalue weighted by Crippen LogP contribution is -2.03. The molecule has 1 rings (SSSR count). The first-order valence-corrected chi connectivity index (χ1v) is 5.00. The summed E-state index contributed by atoms with van der Waals surface area (Å²) in [6.07, 6.45) is 1.30. The number of halogens is 1. The van der Waals surface area contributed by atoms with Crippen LogP contribution in [0.4, 0.5) is 0 Å². The van der Waals surface area contributed by atoms with Crippen molar-refractivity contribution in [3.05, 3.63) is 34.9 Å². The van der Waals surface area contributed by atoms with Gasteiger partial charge in [-0.2, -0.15) is 0 Å². The van der Waals surface area contributed by atoms with E-state index >= 15 is 0 Å². The molecule has 0 fully saturated rings. The molecule has 0 amide bonds. The zero-order valence-corrected chi connectivity index (χ0v) is 8.88. The molecule has 3 heteroatoms. The SMILES string of the molecule is CCCC(=O)OCc1ccc(Cl)cc1. The molecule has 0 spiro atoms. The summed E-state index contributed by atoms with van der Waals surface area (Å²) in [5, 5.41) is 0.689. The first-order valence-electron chi connectivity index (χ1n) is 4.62. The van der Waals surface area contributed by atoms with Crippen LogP contribution in [-0.2, 0) is 16.1 Å². The van der Waals surface area contributed by atoms with Gasteiger partial charge in [-0.3, -0.25) is 4.79 Å². The van der Waals surface area contributed by atoms with Gasteiger partial charge in [-0.1, -0.05) is 30.7 Å². The van der Waals surface area contributed by atoms with Gasteiger partial charge in [0, 0.05) is 11.4 Å². The Balaban J connectivity index is 2.38. The van der Waals surface area contributed by atoms with Gasteiger partial charge < -0.3 is 4.74 Å². The molecule has 0 aromatic heterocycles. The van der Waals surface area contributed by atoms with Crippen molar-refractivity contribution < 1.29 is 9.53 Å². The second-order valence-electron chi connectivity index (χ2n) is 3.04. The topological polar surface area (TPSA) is 26.3 Å². The lowest BCUT2D eigenvalue weighted by molar-refractivity contribution is -0.144. The standard InChI is InChI=1S/C11H13ClO2/c1-2-3-11(13)14-8-9-4-6-10(12)7-5-9/h4-7H,2-3,8H2,1H3. The van der Waals surface area contributed by atoms with Crippen molar-refractivity contribution >= 4 is 17.6 Å². The van der Waals surface area contributed by atoms with E-state index < -0.39 is 0 Å². The Morgan fingerprint density at radius 1 is 1.36 bits per heavy atom. The average molecular weight is 213 g/mol. The van der Waals surface area contributed by atoms with E-state index in [1.165, 1.54) is 0 Å². The number of rotatable bonds is 4. The van der Waals surface area contributed by atoms with Crippen molar-refractivity contribution in [3.8, 4) is 0 Å². The summed E-state index contributed by atoms with van der Waals surface area (Å²) in [5.41, 5.74) is 0.957. The highest BCUT2D eigenvalue weighted by Gasteiger charge is 2.00. The summed E-state index contributed by atoms with van der Waals surface area (Å²) >= 11 is 5.72. The minimum Gasteiger partial charge on any atom is -0.461 e. The third-order valence-corrected chi connectivity index (χ3v) is 2.02. The molecule has 1 aromatic carbocycles. The number of hydrogen-bond donors (Lipinski definition) is 0. The van der Waals surface area contributed by atoms with Crippen LogP contribution in [0.3, 0.4) is 0 Å². The van der Waals surface area contributed by atoms with E-state index in [0.29, 0.717) is 18.1 Å². The van der Waals surface area contributed by atoms with Gasteiger partial charge in [0.15, 0.2) is 0 Å². The van der Waals surface area contributed by atoms with Crippen LogP contribution in [0.1, 0.15) is 25.3 Å². The van der Waals surface area contributed by atoms with E-state index in [1.54, 1.807) is 12.1 Å². The van der Waals surface area contributed by atoms with Crippen LogP contribution < -0.4 is 0 Å². The monoisotopic (exact) mass is 212 g/mol. The molecule has 0 N–H and O–H groups in total. The molecule has 0 saturated heterocycles. The summed E-state index contributed by atoms with van der Waals surface area (Å²) in [7, 11) is 0. The van der Waals surface area contributed by atoms with Crippen LogP contribution in [0.2, 0.25) is 5.02 Å². The molecule has 76 valence electrons. The number of esters is 1. The lowest BCUT2D eigenvalue weighted by atomic mass is 10.2. The summed E-state index contributed by atoms with van der Waals surface area (Å²) in [5.74, 6) is -0.151. The predicted molar refractivity (Wildman–Crippen MR) is 56.2 cm³/mol. The van der Waals surface area contributed by atoms with Crippen LogP contribution in [-0.4, -0.2) is 5.97 Å². The van der Waals surface area contributed by atoms with Gasteiger partial charge in [0.25, 0.3) is 0 Å². The van der Waals surface area contributed by atoms with E-state index in [-0.39, 0.29) is 5.97 Å². The Morgan fingerprint density at radius 2 is 2.00 bits per heavy atom. The van der Waals surface area contributed by atoms with Crippen LogP contribution in [0.5, 0.6) is 0 Å². The zero-order chi connectivity index (χ0) is 10.4. The molecule has 0 heterocycles. The molecule has 0 aliphatic heterocycles. The molecule has 2 nitrogen and oxygen atoms in total. The van der Waals surface area contributed by atoms with Crippen molar-refractivity contribution in [1.29, 1.82) is 0 Å². The summed E-state index contributed by atoms with van der Waals surface area (Å²) in [6.45, 7) is 2.28. The zero-order valence-electron chi connectivity index (χ0n) is 8.13. The highest BCUT2D eigenvalue weighted by atomic mass is 35.5. The molecular weight excluding hydrogens is 200 g/mol. The summed E-state index contributed by atoms with van der Waals surface area (Å²) in [6, 6.07) is 7.26. The third kappa shape index (κ3) is 3.79. The normalized spacial score (nSPS) is 9.86. The van der Waals surface area contributed by atoms with Crippen LogP contribution >= 0.6 is 11.6 Å². The molecule has 1 aromatic rings. The van der Waals surface area contributed by atoms with Crippen molar-refractivity contribution in [2.75, 3.05) is 0 Å². The predicted octanol–water partition coefficient (Wildman–Crippen LogP) is 3.18. The highest BCUT2D eigenvalue weighted by Crippen LogP contribution is 2.10. The van der Waals surface area contributed by atoms with Crippen molar-refractivity contribution in [2.45, 2.75) is 26.4 Å². The van der Waals surface area contributed by atoms with Gasteiger partial charge in [-0.15, -0.1) is 0 Å². The lowest BCUT2D eigenvalue weighted by Gasteiger charge is -2.03. The molecule has 14 heavy (non-hydrogen) atoms. The molecule has 0 unspecified atom stereocenters. The van der Waals surface area contributed by atoms with Gasteiger partial charge in [-0.25, -0.2) is 0 Å². The summed E-state index contributed by atoms with van der Waals surface area (Å²) < 4.78 is 5.03. The van der Waals surface area contributed by atoms with Gasteiger partial charge in [0.05, 0.1) is 0 Å². The van der Waals surface area contributed by atoms with Crippen LogP contribution in [0.25, 0.3) is 0 Å². The largest absolute Gasteiger partial charge is 0.461 e.